The van der Waals surface area contributed by atoms with E-state index in [1.807, 2.05) is 0 Å². The van der Waals surface area contributed by atoms with Gasteiger partial charge >= 0.3 is 0 Å². The van der Waals surface area contributed by atoms with Crippen LogP contribution in [0.15, 0.2) is 0 Å². The Morgan fingerprint density at radius 2 is 1.76 bits per heavy atom. The van der Waals surface area contributed by atoms with E-state index in [9.17, 15) is 0 Å². The highest BCUT2D eigenvalue weighted by atomic mass is 15.3. The van der Waals surface area contributed by atoms with E-state index in [2.05, 4.69) is 39.3 Å². The van der Waals surface area contributed by atoms with Crippen molar-refractivity contribution >= 4 is 0 Å². The number of hydrogen-bond acceptors (Lipinski definition) is 1. The minimum atomic E-state index is 0.489. The number of aryl methyl sites for hydroxylation is 1. The molecule has 2 heteroatoms. The minimum Gasteiger partial charge on any atom is -0.267 e. The van der Waals surface area contributed by atoms with Gasteiger partial charge in [-0.15, -0.1) is 0 Å². The summed E-state index contributed by atoms with van der Waals surface area (Å²) in [7, 11) is 0. The quantitative estimate of drug-likeness (QED) is 0.709. The largest absolute Gasteiger partial charge is 0.267 e. The van der Waals surface area contributed by atoms with Crippen LogP contribution < -0.4 is 0 Å². The van der Waals surface area contributed by atoms with Crippen molar-refractivity contribution < 1.29 is 0 Å². The molecular weight excluding hydrogens is 208 g/mol. The van der Waals surface area contributed by atoms with Crippen LogP contribution in [0.4, 0.5) is 0 Å². The third kappa shape index (κ3) is 2.41. The van der Waals surface area contributed by atoms with Gasteiger partial charge in [0.2, 0.25) is 0 Å². The normalized spacial score (nSPS) is 20.8. The van der Waals surface area contributed by atoms with Crippen molar-refractivity contribution in [2.45, 2.75) is 66.3 Å². The van der Waals surface area contributed by atoms with Gasteiger partial charge in [0, 0.05) is 11.7 Å². The number of aromatic nitrogens is 2. The molecule has 0 bridgehead atoms. The third-order valence-corrected chi connectivity index (χ3v) is 4.31. The molecule has 0 amide bonds. The van der Waals surface area contributed by atoms with E-state index in [0.717, 1.165) is 11.8 Å². The zero-order chi connectivity index (χ0) is 12.6. The number of fused-ring (bicyclic) bond motifs is 1. The second-order valence-electron chi connectivity index (χ2n) is 6.13. The van der Waals surface area contributed by atoms with Gasteiger partial charge in [-0.3, -0.25) is 4.68 Å². The molecule has 1 unspecified atom stereocenters. The predicted octanol–water partition coefficient (Wildman–Crippen LogP) is 3.92. The van der Waals surface area contributed by atoms with Crippen LogP contribution in [0.3, 0.4) is 0 Å². The van der Waals surface area contributed by atoms with E-state index in [1.165, 1.54) is 37.1 Å². The van der Waals surface area contributed by atoms with Gasteiger partial charge in [-0.2, -0.15) is 5.10 Å². The summed E-state index contributed by atoms with van der Waals surface area (Å²) in [4.78, 5) is 0. The maximum Gasteiger partial charge on any atom is 0.0659 e. The van der Waals surface area contributed by atoms with Gasteiger partial charge in [0.15, 0.2) is 0 Å². The molecule has 0 radical (unpaired) electrons. The SMILES string of the molecule is Cc1c2c(nn1C(C)C)CCC(C(C)C)CC2. The van der Waals surface area contributed by atoms with E-state index >= 15 is 0 Å². The molecule has 1 aromatic rings. The molecule has 1 aliphatic rings. The monoisotopic (exact) mass is 234 g/mol. The van der Waals surface area contributed by atoms with Crippen LogP contribution in [0.25, 0.3) is 0 Å². The minimum absolute atomic E-state index is 0.489. The highest BCUT2D eigenvalue weighted by Crippen LogP contribution is 2.31. The van der Waals surface area contributed by atoms with Crippen LogP contribution in [0.5, 0.6) is 0 Å². The summed E-state index contributed by atoms with van der Waals surface area (Å²) in [6.45, 7) is 11.4. The van der Waals surface area contributed by atoms with Crippen molar-refractivity contribution in [1.82, 2.24) is 9.78 Å². The average molecular weight is 234 g/mol. The van der Waals surface area contributed by atoms with Crippen LogP contribution >= 0.6 is 0 Å². The van der Waals surface area contributed by atoms with Crippen molar-refractivity contribution in [2.75, 3.05) is 0 Å². The second kappa shape index (κ2) is 4.83. The highest BCUT2D eigenvalue weighted by Gasteiger charge is 2.23. The lowest BCUT2D eigenvalue weighted by Gasteiger charge is -2.18. The molecule has 0 aromatic carbocycles. The third-order valence-electron chi connectivity index (χ3n) is 4.31. The zero-order valence-corrected chi connectivity index (χ0v) is 12.0. The van der Waals surface area contributed by atoms with Crippen LogP contribution in [-0.2, 0) is 12.8 Å². The van der Waals surface area contributed by atoms with Crippen molar-refractivity contribution in [3.05, 3.63) is 17.0 Å². The van der Waals surface area contributed by atoms with Crippen LogP contribution in [0.2, 0.25) is 0 Å². The van der Waals surface area contributed by atoms with Gasteiger partial charge in [0.1, 0.15) is 0 Å². The molecule has 0 spiro atoms. The Morgan fingerprint density at radius 1 is 1.12 bits per heavy atom. The van der Waals surface area contributed by atoms with Crippen LogP contribution in [-0.4, -0.2) is 9.78 Å². The van der Waals surface area contributed by atoms with Crippen molar-refractivity contribution in [3.63, 3.8) is 0 Å². The van der Waals surface area contributed by atoms with Gasteiger partial charge in [0.05, 0.1) is 5.69 Å². The molecule has 0 saturated heterocycles. The summed E-state index contributed by atoms with van der Waals surface area (Å²) < 4.78 is 2.21. The molecule has 2 rings (SSSR count). The molecule has 1 aromatic heterocycles. The molecule has 96 valence electrons. The maximum atomic E-state index is 4.82. The first-order valence-corrected chi connectivity index (χ1v) is 7.07. The van der Waals surface area contributed by atoms with Crippen LogP contribution in [0, 0.1) is 18.8 Å². The first kappa shape index (κ1) is 12.7. The van der Waals surface area contributed by atoms with E-state index in [-0.39, 0.29) is 0 Å². The summed E-state index contributed by atoms with van der Waals surface area (Å²) in [6.07, 6.45) is 5.07. The standard InChI is InChI=1S/C15H26N2/c1-10(2)13-6-8-14-12(5)17(11(3)4)16-15(14)9-7-13/h10-11,13H,6-9H2,1-5H3. The molecule has 0 N–H and O–H groups in total. The van der Waals surface area contributed by atoms with Crippen LogP contribution in [0.1, 0.15) is 63.5 Å². The lowest BCUT2D eigenvalue weighted by Crippen LogP contribution is -2.10. The Hall–Kier alpha value is -0.790. The van der Waals surface area contributed by atoms with E-state index in [0.29, 0.717) is 6.04 Å². The van der Waals surface area contributed by atoms with Crippen molar-refractivity contribution in [2.24, 2.45) is 11.8 Å². The first-order valence-electron chi connectivity index (χ1n) is 7.07. The number of hydrogen-bond donors (Lipinski definition) is 0. The fourth-order valence-corrected chi connectivity index (χ4v) is 3.10. The van der Waals surface area contributed by atoms with E-state index in [4.69, 9.17) is 5.10 Å². The lowest BCUT2D eigenvalue weighted by atomic mass is 9.88. The summed E-state index contributed by atoms with van der Waals surface area (Å²) in [5, 5.41) is 4.82. The fraction of sp³-hybridized carbons (Fsp3) is 0.800. The Balaban J connectivity index is 2.23. The summed E-state index contributed by atoms with van der Waals surface area (Å²) >= 11 is 0. The topological polar surface area (TPSA) is 17.8 Å². The van der Waals surface area contributed by atoms with Gasteiger partial charge < -0.3 is 0 Å². The second-order valence-corrected chi connectivity index (χ2v) is 6.13. The molecule has 0 saturated carbocycles. The summed E-state index contributed by atoms with van der Waals surface area (Å²) in [5.41, 5.74) is 4.32. The Bertz CT molecular complexity index is 388. The average Bonchev–Trinajstić information content (AvgIpc) is 2.47. The predicted molar refractivity (Wildman–Crippen MR) is 72.3 cm³/mol. The fourth-order valence-electron chi connectivity index (χ4n) is 3.10. The first-order chi connectivity index (χ1) is 8.00. The summed E-state index contributed by atoms with van der Waals surface area (Å²) in [6, 6.07) is 0.489. The van der Waals surface area contributed by atoms with Gasteiger partial charge in [-0.1, -0.05) is 13.8 Å². The molecule has 2 nitrogen and oxygen atoms in total. The molecule has 1 heterocycles. The van der Waals surface area contributed by atoms with Crippen molar-refractivity contribution in [1.29, 1.82) is 0 Å². The number of rotatable bonds is 2. The Morgan fingerprint density at radius 3 is 2.35 bits per heavy atom. The molecule has 1 aliphatic carbocycles. The van der Waals surface area contributed by atoms with Gasteiger partial charge in [-0.05, 0) is 63.9 Å². The lowest BCUT2D eigenvalue weighted by molar-refractivity contribution is 0.342. The maximum absolute atomic E-state index is 4.82. The smallest absolute Gasteiger partial charge is 0.0659 e. The Labute approximate surface area is 105 Å². The van der Waals surface area contributed by atoms with E-state index < -0.39 is 0 Å². The van der Waals surface area contributed by atoms with Gasteiger partial charge in [-0.25, -0.2) is 0 Å². The van der Waals surface area contributed by atoms with E-state index in [1.54, 1.807) is 5.56 Å². The number of nitrogens with zero attached hydrogens (tertiary/aromatic N) is 2. The zero-order valence-electron chi connectivity index (χ0n) is 12.0. The molecule has 0 aliphatic heterocycles. The summed E-state index contributed by atoms with van der Waals surface area (Å²) in [5.74, 6) is 1.70. The molecular formula is C15H26N2. The highest BCUT2D eigenvalue weighted by molar-refractivity contribution is 5.27. The Kier molecular flexibility index (Phi) is 3.60. The molecule has 17 heavy (non-hydrogen) atoms. The van der Waals surface area contributed by atoms with Gasteiger partial charge in [0.25, 0.3) is 0 Å². The van der Waals surface area contributed by atoms with Crippen molar-refractivity contribution in [3.8, 4) is 0 Å². The molecule has 0 fully saturated rings. The molecule has 1 atom stereocenters.